The minimum absolute atomic E-state index is 0.402. The molecule has 0 radical (unpaired) electrons. The third-order valence-corrected chi connectivity index (χ3v) is 3.59. The van der Waals surface area contributed by atoms with E-state index in [9.17, 15) is 19.2 Å². The van der Waals surface area contributed by atoms with Crippen molar-refractivity contribution in [3.63, 3.8) is 0 Å². The molecule has 3 fully saturated rings. The first kappa shape index (κ1) is 9.50. The van der Waals surface area contributed by atoms with Gasteiger partial charge in [-0.1, -0.05) is 0 Å². The van der Waals surface area contributed by atoms with Crippen LogP contribution in [0.25, 0.3) is 0 Å². The van der Waals surface area contributed by atoms with Gasteiger partial charge in [0.2, 0.25) is 0 Å². The van der Waals surface area contributed by atoms with Crippen LogP contribution in [0, 0.1) is 23.7 Å². The molecule has 0 aromatic rings. The standard InChI is InChI=1S/C10H8O6/c11-7-3-1-2-4-6(5(3)9(13)15-7)10(14)16-8(4)12/h3-6H,1-2H2/t3-,4+,5-,6+. The van der Waals surface area contributed by atoms with Crippen LogP contribution in [0.4, 0.5) is 0 Å². The summed E-state index contributed by atoms with van der Waals surface area (Å²) in [6.07, 6.45) is 0.803. The number of carbonyl (C=O) groups excluding carboxylic acids is 4. The lowest BCUT2D eigenvalue weighted by atomic mass is 9.68. The van der Waals surface area contributed by atoms with Crippen LogP contribution in [-0.2, 0) is 28.7 Å². The molecule has 0 unspecified atom stereocenters. The molecular formula is C10H8O6. The first-order chi connectivity index (χ1) is 7.59. The predicted octanol–water partition coefficient (Wildman–Crippen LogP) is -0.588. The van der Waals surface area contributed by atoms with Crippen LogP contribution in [0.5, 0.6) is 0 Å². The van der Waals surface area contributed by atoms with E-state index >= 15 is 0 Å². The van der Waals surface area contributed by atoms with Crippen molar-refractivity contribution in [1.29, 1.82) is 0 Å². The van der Waals surface area contributed by atoms with Crippen LogP contribution in [0.15, 0.2) is 0 Å². The molecule has 16 heavy (non-hydrogen) atoms. The molecule has 0 aromatic heterocycles. The van der Waals surface area contributed by atoms with Gasteiger partial charge in [0.05, 0.1) is 23.7 Å². The summed E-state index contributed by atoms with van der Waals surface area (Å²) in [5, 5.41) is 0. The molecule has 0 amide bonds. The molecule has 2 saturated heterocycles. The molecule has 1 aliphatic carbocycles. The summed E-state index contributed by atoms with van der Waals surface area (Å²) < 4.78 is 9.01. The fraction of sp³-hybridized carbons (Fsp3) is 0.600. The molecule has 3 aliphatic rings. The zero-order chi connectivity index (χ0) is 11.4. The van der Waals surface area contributed by atoms with Gasteiger partial charge in [-0.15, -0.1) is 0 Å². The van der Waals surface area contributed by atoms with Gasteiger partial charge < -0.3 is 9.47 Å². The van der Waals surface area contributed by atoms with Crippen LogP contribution < -0.4 is 0 Å². The van der Waals surface area contributed by atoms with E-state index in [1.54, 1.807) is 0 Å². The Morgan fingerprint density at radius 2 is 1.06 bits per heavy atom. The molecule has 2 aliphatic heterocycles. The summed E-state index contributed by atoms with van der Waals surface area (Å²) in [5.74, 6) is -5.34. The molecule has 6 heteroatoms. The van der Waals surface area contributed by atoms with Gasteiger partial charge in [0.25, 0.3) is 0 Å². The number of ether oxygens (including phenoxy) is 2. The number of carbonyl (C=O) groups is 4. The van der Waals surface area contributed by atoms with E-state index < -0.39 is 47.5 Å². The van der Waals surface area contributed by atoms with Crippen molar-refractivity contribution in [2.45, 2.75) is 12.8 Å². The second-order valence-corrected chi connectivity index (χ2v) is 4.32. The van der Waals surface area contributed by atoms with Gasteiger partial charge in [0.1, 0.15) is 0 Å². The largest absolute Gasteiger partial charge is 0.393 e. The second-order valence-electron chi connectivity index (χ2n) is 4.32. The Labute approximate surface area is 89.9 Å². The quantitative estimate of drug-likeness (QED) is 0.404. The Bertz CT molecular complexity index is 385. The van der Waals surface area contributed by atoms with Crippen molar-refractivity contribution in [3.8, 4) is 0 Å². The molecule has 4 atom stereocenters. The van der Waals surface area contributed by atoms with Gasteiger partial charge >= 0.3 is 23.9 Å². The third-order valence-electron chi connectivity index (χ3n) is 3.59. The van der Waals surface area contributed by atoms with Gasteiger partial charge in [-0.2, -0.15) is 0 Å². The Morgan fingerprint density at radius 1 is 0.688 bits per heavy atom. The van der Waals surface area contributed by atoms with Crippen LogP contribution >= 0.6 is 0 Å². The zero-order valence-electron chi connectivity index (χ0n) is 8.17. The van der Waals surface area contributed by atoms with Crippen LogP contribution in [0.2, 0.25) is 0 Å². The van der Waals surface area contributed by atoms with E-state index in [1.165, 1.54) is 0 Å². The monoisotopic (exact) mass is 224 g/mol. The van der Waals surface area contributed by atoms with Gasteiger partial charge in [0, 0.05) is 0 Å². The van der Waals surface area contributed by atoms with Crippen molar-refractivity contribution in [2.75, 3.05) is 0 Å². The van der Waals surface area contributed by atoms with E-state index in [2.05, 4.69) is 9.47 Å². The Kier molecular flexibility index (Phi) is 1.72. The molecule has 0 N–H and O–H groups in total. The number of esters is 4. The first-order valence-electron chi connectivity index (χ1n) is 5.10. The Balaban J connectivity index is 2.01. The number of cyclic esters (lactones) is 4. The number of fused-ring (bicyclic) bond motifs is 3. The molecular weight excluding hydrogens is 216 g/mol. The second kappa shape index (κ2) is 2.90. The lowest BCUT2D eigenvalue weighted by molar-refractivity contribution is -0.158. The molecule has 1 saturated carbocycles. The van der Waals surface area contributed by atoms with Crippen molar-refractivity contribution in [3.05, 3.63) is 0 Å². The van der Waals surface area contributed by atoms with Crippen molar-refractivity contribution < 1.29 is 28.7 Å². The number of hydrogen-bond donors (Lipinski definition) is 0. The Hall–Kier alpha value is -1.72. The topological polar surface area (TPSA) is 86.7 Å². The highest BCUT2D eigenvalue weighted by Crippen LogP contribution is 2.47. The molecule has 0 aromatic carbocycles. The summed E-state index contributed by atoms with van der Waals surface area (Å²) in [4.78, 5) is 45.5. The maximum absolute atomic E-state index is 11.5. The highest BCUT2D eigenvalue weighted by Gasteiger charge is 2.61. The molecule has 6 nitrogen and oxygen atoms in total. The van der Waals surface area contributed by atoms with E-state index in [0.717, 1.165) is 0 Å². The highest BCUT2D eigenvalue weighted by molar-refractivity contribution is 6.04. The van der Waals surface area contributed by atoms with E-state index in [-0.39, 0.29) is 0 Å². The van der Waals surface area contributed by atoms with Gasteiger partial charge in [-0.3, -0.25) is 19.2 Å². The van der Waals surface area contributed by atoms with Crippen LogP contribution in [0.3, 0.4) is 0 Å². The van der Waals surface area contributed by atoms with Gasteiger partial charge in [-0.25, -0.2) is 0 Å². The number of rotatable bonds is 0. The average Bonchev–Trinajstić information content (AvgIpc) is 2.67. The molecule has 3 rings (SSSR count). The molecule has 84 valence electrons. The summed E-state index contributed by atoms with van der Waals surface area (Å²) in [5.41, 5.74) is 0. The third kappa shape index (κ3) is 1.01. The fourth-order valence-corrected chi connectivity index (χ4v) is 2.86. The minimum Gasteiger partial charge on any atom is -0.393 e. The minimum atomic E-state index is -0.815. The lowest BCUT2D eigenvalue weighted by Crippen LogP contribution is -2.38. The van der Waals surface area contributed by atoms with Gasteiger partial charge in [0.15, 0.2) is 0 Å². The highest BCUT2D eigenvalue weighted by atomic mass is 16.6. The molecule has 0 bridgehead atoms. The Morgan fingerprint density at radius 3 is 1.44 bits per heavy atom. The summed E-state index contributed by atoms with van der Waals surface area (Å²) in [7, 11) is 0. The SMILES string of the molecule is O=C1OC(=O)[C@H]2CC[C@H]3C(=O)OC(=O)[C@H]3[C@@H]12. The summed E-state index contributed by atoms with van der Waals surface area (Å²) in [6, 6.07) is 0. The fourth-order valence-electron chi connectivity index (χ4n) is 2.86. The van der Waals surface area contributed by atoms with E-state index in [0.29, 0.717) is 12.8 Å². The maximum Gasteiger partial charge on any atom is 0.318 e. The lowest BCUT2D eigenvalue weighted by Gasteiger charge is -2.26. The zero-order valence-corrected chi connectivity index (χ0v) is 8.17. The molecule has 0 spiro atoms. The predicted molar refractivity (Wildman–Crippen MR) is 45.4 cm³/mol. The van der Waals surface area contributed by atoms with E-state index in [4.69, 9.17) is 0 Å². The van der Waals surface area contributed by atoms with Gasteiger partial charge in [-0.05, 0) is 12.8 Å². The van der Waals surface area contributed by atoms with E-state index in [1.807, 2.05) is 0 Å². The number of hydrogen-bond acceptors (Lipinski definition) is 6. The normalized spacial score (nSPS) is 41.5. The smallest absolute Gasteiger partial charge is 0.318 e. The van der Waals surface area contributed by atoms with Crippen LogP contribution in [-0.4, -0.2) is 23.9 Å². The molecule has 2 heterocycles. The maximum atomic E-state index is 11.5. The average molecular weight is 224 g/mol. The van der Waals surface area contributed by atoms with Crippen molar-refractivity contribution in [1.82, 2.24) is 0 Å². The van der Waals surface area contributed by atoms with Crippen molar-refractivity contribution in [2.24, 2.45) is 23.7 Å². The summed E-state index contributed by atoms with van der Waals surface area (Å²) in [6.45, 7) is 0. The van der Waals surface area contributed by atoms with Crippen molar-refractivity contribution >= 4 is 23.9 Å². The summed E-state index contributed by atoms with van der Waals surface area (Å²) >= 11 is 0. The van der Waals surface area contributed by atoms with Crippen LogP contribution in [0.1, 0.15) is 12.8 Å². The first-order valence-corrected chi connectivity index (χ1v) is 5.10.